The summed E-state index contributed by atoms with van der Waals surface area (Å²) < 4.78 is 12.9. The van der Waals surface area contributed by atoms with Crippen LogP contribution in [0.3, 0.4) is 0 Å². The molecule has 2 N–H and O–H groups in total. The predicted octanol–water partition coefficient (Wildman–Crippen LogP) is 4.64. The van der Waals surface area contributed by atoms with E-state index in [9.17, 15) is 14.0 Å². The topological polar surface area (TPSA) is 71.1 Å². The van der Waals surface area contributed by atoms with Gasteiger partial charge in [0.15, 0.2) is 5.13 Å². The lowest BCUT2D eigenvalue weighted by molar-refractivity contribution is -0.115. The monoisotopic (exact) mass is 397 g/mol. The number of carbonyl (C=O) groups excluding carboxylic acids is 2. The summed E-state index contributed by atoms with van der Waals surface area (Å²) >= 11 is 1.24. The summed E-state index contributed by atoms with van der Waals surface area (Å²) in [6, 6.07) is 9.30. The zero-order valence-corrected chi connectivity index (χ0v) is 16.6. The molecule has 28 heavy (non-hydrogen) atoms. The molecule has 0 saturated heterocycles. The van der Waals surface area contributed by atoms with Crippen molar-refractivity contribution in [3.05, 3.63) is 75.5 Å². The number of aromatic nitrogens is 1. The van der Waals surface area contributed by atoms with E-state index in [-0.39, 0.29) is 18.2 Å². The van der Waals surface area contributed by atoms with Crippen molar-refractivity contribution in [3.63, 3.8) is 0 Å². The fourth-order valence-electron chi connectivity index (χ4n) is 2.94. The number of carbonyl (C=O) groups is 2. The van der Waals surface area contributed by atoms with Crippen molar-refractivity contribution < 1.29 is 14.0 Å². The molecule has 0 spiro atoms. The minimum Gasteiger partial charge on any atom is -0.325 e. The van der Waals surface area contributed by atoms with Crippen LogP contribution in [0.25, 0.3) is 0 Å². The van der Waals surface area contributed by atoms with Gasteiger partial charge in [0.2, 0.25) is 5.91 Å². The predicted molar refractivity (Wildman–Crippen MR) is 109 cm³/mol. The Hall–Kier alpha value is -3.06. The maximum atomic E-state index is 12.9. The normalized spacial score (nSPS) is 10.6. The van der Waals surface area contributed by atoms with Crippen molar-refractivity contribution >= 4 is 34.0 Å². The van der Waals surface area contributed by atoms with Crippen molar-refractivity contribution in [1.29, 1.82) is 0 Å². The molecule has 3 aromatic rings. The number of anilines is 2. The Morgan fingerprint density at radius 1 is 1.04 bits per heavy atom. The first-order chi connectivity index (χ1) is 13.3. The molecule has 5 nitrogen and oxygen atoms in total. The highest BCUT2D eigenvalue weighted by Crippen LogP contribution is 2.23. The van der Waals surface area contributed by atoms with Crippen LogP contribution in [0.4, 0.5) is 15.2 Å². The first-order valence-electron chi connectivity index (χ1n) is 8.71. The van der Waals surface area contributed by atoms with E-state index in [0.717, 1.165) is 22.4 Å². The fourth-order valence-corrected chi connectivity index (χ4v) is 3.65. The highest BCUT2D eigenvalue weighted by Gasteiger charge is 2.13. The molecule has 3 rings (SSSR count). The van der Waals surface area contributed by atoms with Gasteiger partial charge in [0.1, 0.15) is 5.82 Å². The molecule has 1 heterocycles. The van der Waals surface area contributed by atoms with Crippen LogP contribution in [0.2, 0.25) is 0 Å². The molecule has 7 heteroatoms. The van der Waals surface area contributed by atoms with Crippen molar-refractivity contribution in [3.8, 4) is 0 Å². The third-order valence-electron chi connectivity index (χ3n) is 4.16. The standard InChI is InChI=1S/C21H20FN3O2S/c1-12-8-13(2)19(14(3)9-12)24-18(26)10-17-11-28-21(23-17)25-20(27)15-4-6-16(22)7-5-15/h4-9,11H,10H2,1-3H3,(H,24,26)(H,23,25,27). The summed E-state index contributed by atoms with van der Waals surface area (Å²) in [4.78, 5) is 28.8. The smallest absolute Gasteiger partial charge is 0.257 e. The Labute approximate surface area is 166 Å². The largest absolute Gasteiger partial charge is 0.325 e. The van der Waals surface area contributed by atoms with E-state index < -0.39 is 5.82 Å². The third-order valence-corrected chi connectivity index (χ3v) is 4.97. The number of nitrogens with zero attached hydrogens (tertiary/aromatic N) is 1. The van der Waals surface area contributed by atoms with Crippen LogP contribution in [-0.4, -0.2) is 16.8 Å². The number of nitrogens with one attached hydrogen (secondary N) is 2. The molecular weight excluding hydrogens is 377 g/mol. The van der Waals surface area contributed by atoms with Gasteiger partial charge in [-0.2, -0.15) is 0 Å². The molecule has 2 aromatic carbocycles. The summed E-state index contributed by atoms with van der Waals surface area (Å²) in [5.74, 6) is -0.953. The van der Waals surface area contributed by atoms with Gasteiger partial charge in [-0.25, -0.2) is 9.37 Å². The van der Waals surface area contributed by atoms with Crippen molar-refractivity contribution in [2.75, 3.05) is 10.6 Å². The zero-order chi connectivity index (χ0) is 20.3. The summed E-state index contributed by atoms with van der Waals surface area (Å²) in [6.07, 6.45) is 0.107. The van der Waals surface area contributed by atoms with Gasteiger partial charge in [0, 0.05) is 16.6 Å². The van der Waals surface area contributed by atoms with Crippen molar-refractivity contribution in [1.82, 2.24) is 4.98 Å². The molecule has 0 radical (unpaired) electrons. The van der Waals surface area contributed by atoms with Crippen LogP contribution in [0, 0.1) is 26.6 Å². The van der Waals surface area contributed by atoms with Gasteiger partial charge in [-0.15, -0.1) is 11.3 Å². The second-order valence-electron chi connectivity index (χ2n) is 6.60. The van der Waals surface area contributed by atoms with Gasteiger partial charge in [0.25, 0.3) is 5.91 Å². The summed E-state index contributed by atoms with van der Waals surface area (Å²) in [5, 5.41) is 7.72. The van der Waals surface area contributed by atoms with Gasteiger partial charge in [-0.05, 0) is 56.2 Å². The van der Waals surface area contributed by atoms with Gasteiger partial charge < -0.3 is 5.32 Å². The lowest BCUT2D eigenvalue weighted by Gasteiger charge is -2.12. The lowest BCUT2D eigenvalue weighted by Crippen LogP contribution is -2.16. The molecule has 2 amide bonds. The van der Waals surface area contributed by atoms with E-state index in [1.807, 2.05) is 32.9 Å². The number of thiazole rings is 1. The summed E-state index contributed by atoms with van der Waals surface area (Å²) in [7, 11) is 0. The van der Waals surface area contributed by atoms with Crippen LogP contribution in [0.1, 0.15) is 32.7 Å². The first-order valence-corrected chi connectivity index (χ1v) is 9.59. The minimum absolute atomic E-state index is 0.107. The molecule has 0 saturated carbocycles. The highest BCUT2D eigenvalue weighted by atomic mass is 32.1. The number of hydrogen-bond acceptors (Lipinski definition) is 4. The first kappa shape index (κ1) is 19.7. The van der Waals surface area contributed by atoms with E-state index >= 15 is 0 Å². The van der Waals surface area contributed by atoms with Gasteiger partial charge in [0.05, 0.1) is 12.1 Å². The quantitative estimate of drug-likeness (QED) is 0.659. The molecule has 1 aromatic heterocycles. The molecule has 0 bridgehead atoms. The number of rotatable bonds is 5. The number of halogens is 1. The Morgan fingerprint density at radius 2 is 1.68 bits per heavy atom. The van der Waals surface area contributed by atoms with Gasteiger partial charge in [-0.3, -0.25) is 14.9 Å². The SMILES string of the molecule is Cc1cc(C)c(NC(=O)Cc2csc(NC(=O)c3ccc(F)cc3)n2)c(C)c1. The number of amides is 2. The van der Waals surface area contributed by atoms with E-state index in [2.05, 4.69) is 15.6 Å². The summed E-state index contributed by atoms with van der Waals surface area (Å²) in [6.45, 7) is 5.94. The second-order valence-corrected chi connectivity index (χ2v) is 7.46. The molecule has 0 aliphatic rings. The average molecular weight is 397 g/mol. The molecule has 0 atom stereocenters. The molecular formula is C21H20FN3O2S. The lowest BCUT2D eigenvalue weighted by atomic mass is 10.0. The molecule has 0 fully saturated rings. The maximum Gasteiger partial charge on any atom is 0.257 e. The average Bonchev–Trinajstić information content (AvgIpc) is 3.05. The molecule has 144 valence electrons. The maximum absolute atomic E-state index is 12.9. The summed E-state index contributed by atoms with van der Waals surface area (Å²) in [5.41, 5.74) is 4.89. The van der Waals surface area contributed by atoms with Gasteiger partial charge >= 0.3 is 0 Å². The number of benzene rings is 2. The molecule has 0 aliphatic carbocycles. The van der Waals surface area contributed by atoms with E-state index in [4.69, 9.17) is 0 Å². The third kappa shape index (κ3) is 4.80. The van der Waals surface area contributed by atoms with Crippen LogP contribution in [-0.2, 0) is 11.2 Å². The second kappa shape index (κ2) is 8.31. The van der Waals surface area contributed by atoms with Gasteiger partial charge in [-0.1, -0.05) is 17.7 Å². The number of aryl methyl sites for hydroxylation is 3. The number of hydrogen-bond donors (Lipinski definition) is 2. The molecule has 0 aliphatic heterocycles. The Bertz CT molecular complexity index is 1010. The van der Waals surface area contributed by atoms with Crippen molar-refractivity contribution in [2.45, 2.75) is 27.2 Å². The van der Waals surface area contributed by atoms with E-state index in [1.165, 1.54) is 35.6 Å². The zero-order valence-electron chi connectivity index (χ0n) is 15.8. The Balaban J connectivity index is 1.62. The Kier molecular flexibility index (Phi) is 5.84. The minimum atomic E-state index is -0.404. The van der Waals surface area contributed by atoms with Crippen LogP contribution in [0.15, 0.2) is 41.8 Å². The highest BCUT2D eigenvalue weighted by molar-refractivity contribution is 7.14. The van der Waals surface area contributed by atoms with Crippen molar-refractivity contribution in [2.24, 2.45) is 0 Å². The van der Waals surface area contributed by atoms with E-state index in [0.29, 0.717) is 16.4 Å². The van der Waals surface area contributed by atoms with Crippen LogP contribution >= 0.6 is 11.3 Å². The van der Waals surface area contributed by atoms with E-state index in [1.54, 1.807) is 5.38 Å². The van der Waals surface area contributed by atoms with Crippen LogP contribution < -0.4 is 10.6 Å². The fraction of sp³-hybridized carbons (Fsp3) is 0.190. The molecule has 0 unspecified atom stereocenters. The van der Waals surface area contributed by atoms with Crippen LogP contribution in [0.5, 0.6) is 0 Å². The Morgan fingerprint density at radius 3 is 2.32 bits per heavy atom.